The highest BCUT2D eigenvalue weighted by molar-refractivity contribution is 8.01. The van der Waals surface area contributed by atoms with Gasteiger partial charge in [-0.3, -0.25) is 9.59 Å². The van der Waals surface area contributed by atoms with E-state index in [1.807, 2.05) is 17.5 Å². The van der Waals surface area contributed by atoms with Gasteiger partial charge in [-0.05, 0) is 29.4 Å². The number of ketones is 1. The van der Waals surface area contributed by atoms with Crippen molar-refractivity contribution in [1.82, 2.24) is 0 Å². The summed E-state index contributed by atoms with van der Waals surface area (Å²) in [7, 11) is 0. The molecule has 26 heavy (non-hydrogen) atoms. The lowest BCUT2D eigenvalue weighted by Gasteiger charge is -2.17. The molecule has 0 saturated heterocycles. The normalized spacial score (nSPS) is 24.4. The molecule has 144 valence electrons. The molecule has 2 rings (SSSR count). The van der Waals surface area contributed by atoms with Gasteiger partial charge in [0.1, 0.15) is 5.78 Å². The molecule has 1 aliphatic carbocycles. The first-order chi connectivity index (χ1) is 12.5. The van der Waals surface area contributed by atoms with Crippen molar-refractivity contribution >= 4 is 46.6 Å². The molecule has 1 fully saturated rings. The SMILES string of the molecule is O=C(O)CSCCCS[C@H]1C(=O)C[C@@H](O)[C@@H]1/C=C/C(O)Cc1cccs1. The van der Waals surface area contributed by atoms with Crippen molar-refractivity contribution in [1.29, 1.82) is 0 Å². The Morgan fingerprint density at radius 3 is 2.92 bits per heavy atom. The zero-order valence-electron chi connectivity index (χ0n) is 14.3. The third-order valence-electron chi connectivity index (χ3n) is 4.02. The molecule has 1 aromatic rings. The molecule has 1 saturated carbocycles. The minimum Gasteiger partial charge on any atom is -0.481 e. The third-order valence-corrected chi connectivity index (χ3v) is 7.41. The number of aliphatic hydroxyl groups is 2. The number of aliphatic carboxylic acids is 1. The minimum absolute atomic E-state index is 0.0445. The zero-order valence-corrected chi connectivity index (χ0v) is 16.8. The Labute approximate surface area is 165 Å². The van der Waals surface area contributed by atoms with E-state index in [-0.39, 0.29) is 29.1 Å². The van der Waals surface area contributed by atoms with Crippen molar-refractivity contribution < 1.29 is 24.9 Å². The standard InChI is InChI=1S/C18H24O5S3/c19-12(9-13-3-1-7-25-13)4-5-14-15(20)10-16(21)18(14)26-8-2-6-24-11-17(22)23/h1,3-5,7,12,14-15,18-20H,2,6,8-11H2,(H,22,23)/b5-4+/t12?,14-,15+,18+/m0/s1. The molecular weight excluding hydrogens is 392 g/mol. The molecule has 0 amide bonds. The Kier molecular flexibility index (Phi) is 9.21. The predicted molar refractivity (Wildman–Crippen MR) is 108 cm³/mol. The molecule has 5 nitrogen and oxygen atoms in total. The Hall–Kier alpha value is -0.800. The Bertz CT molecular complexity index is 602. The smallest absolute Gasteiger partial charge is 0.313 e. The number of thioether (sulfide) groups is 2. The Morgan fingerprint density at radius 1 is 1.42 bits per heavy atom. The van der Waals surface area contributed by atoms with Gasteiger partial charge in [-0.2, -0.15) is 11.8 Å². The van der Waals surface area contributed by atoms with E-state index in [9.17, 15) is 19.8 Å². The van der Waals surface area contributed by atoms with Crippen LogP contribution in [0.4, 0.5) is 0 Å². The molecule has 0 radical (unpaired) electrons. The van der Waals surface area contributed by atoms with Gasteiger partial charge in [0.05, 0.1) is 23.2 Å². The highest BCUT2D eigenvalue weighted by Crippen LogP contribution is 2.34. The summed E-state index contributed by atoms with van der Waals surface area (Å²) in [5.41, 5.74) is 0. The van der Waals surface area contributed by atoms with Crippen LogP contribution in [-0.4, -0.2) is 61.8 Å². The lowest BCUT2D eigenvalue weighted by molar-refractivity contribution is -0.133. The predicted octanol–water partition coefficient (Wildman–Crippen LogP) is 2.47. The summed E-state index contributed by atoms with van der Waals surface area (Å²) in [6.07, 6.45) is 3.64. The highest BCUT2D eigenvalue weighted by atomic mass is 32.2. The van der Waals surface area contributed by atoms with Gasteiger partial charge in [-0.25, -0.2) is 0 Å². The summed E-state index contributed by atoms with van der Waals surface area (Å²) in [6, 6.07) is 3.91. The molecule has 1 aliphatic rings. The number of aliphatic hydroxyl groups excluding tert-OH is 2. The second-order valence-corrected chi connectivity index (χ2v) is 9.53. The number of hydrogen-bond donors (Lipinski definition) is 3. The van der Waals surface area contributed by atoms with Gasteiger partial charge < -0.3 is 15.3 Å². The summed E-state index contributed by atoms with van der Waals surface area (Å²) >= 11 is 4.48. The van der Waals surface area contributed by atoms with Crippen molar-refractivity contribution in [3.63, 3.8) is 0 Å². The number of carbonyl (C=O) groups excluding carboxylic acids is 1. The molecule has 0 aliphatic heterocycles. The number of carbonyl (C=O) groups is 2. The van der Waals surface area contributed by atoms with Crippen LogP contribution in [0.15, 0.2) is 29.7 Å². The van der Waals surface area contributed by atoms with E-state index in [1.165, 1.54) is 23.5 Å². The van der Waals surface area contributed by atoms with Crippen LogP contribution in [0.5, 0.6) is 0 Å². The first-order valence-corrected chi connectivity index (χ1v) is 11.6. The van der Waals surface area contributed by atoms with Gasteiger partial charge in [0.25, 0.3) is 0 Å². The van der Waals surface area contributed by atoms with Crippen molar-refractivity contribution in [2.45, 2.75) is 36.7 Å². The molecule has 4 atom stereocenters. The molecular formula is C18H24O5S3. The number of carboxylic acids is 1. The third kappa shape index (κ3) is 7.08. The van der Waals surface area contributed by atoms with Gasteiger partial charge in [0, 0.05) is 23.6 Å². The average Bonchev–Trinajstić information content (AvgIpc) is 3.17. The molecule has 1 heterocycles. The van der Waals surface area contributed by atoms with E-state index >= 15 is 0 Å². The Balaban J connectivity index is 1.79. The van der Waals surface area contributed by atoms with Crippen molar-refractivity contribution in [3.8, 4) is 0 Å². The first kappa shape index (κ1) is 21.5. The number of thiophene rings is 1. The van der Waals surface area contributed by atoms with Gasteiger partial charge in [-0.1, -0.05) is 18.2 Å². The lowest BCUT2D eigenvalue weighted by Crippen LogP contribution is -2.22. The van der Waals surface area contributed by atoms with Gasteiger partial charge in [0.2, 0.25) is 0 Å². The maximum Gasteiger partial charge on any atom is 0.313 e. The highest BCUT2D eigenvalue weighted by Gasteiger charge is 2.40. The second kappa shape index (κ2) is 11.1. The molecule has 1 aromatic heterocycles. The molecule has 3 N–H and O–H groups in total. The number of Topliss-reactive ketones (excluding diaryl/α,β-unsaturated/α-hetero) is 1. The zero-order chi connectivity index (χ0) is 18.9. The quantitative estimate of drug-likeness (QED) is 0.377. The minimum atomic E-state index is -0.817. The first-order valence-electron chi connectivity index (χ1n) is 8.48. The van der Waals surface area contributed by atoms with E-state index in [4.69, 9.17) is 5.11 Å². The van der Waals surface area contributed by atoms with E-state index in [2.05, 4.69) is 0 Å². The van der Waals surface area contributed by atoms with Crippen LogP contribution in [0.2, 0.25) is 0 Å². The van der Waals surface area contributed by atoms with Crippen molar-refractivity contribution in [2.75, 3.05) is 17.3 Å². The van der Waals surface area contributed by atoms with Crippen molar-refractivity contribution in [3.05, 3.63) is 34.5 Å². The number of carboxylic acid groups (broad SMARTS) is 1. The molecule has 0 aromatic carbocycles. The monoisotopic (exact) mass is 416 g/mol. The molecule has 0 bridgehead atoms. The van der Waals surface area contributed by atoms with Crippen LogP contribution < -0.4 is 0 Å². The largest absolute Gasteiger partial charge is 0.481 e. The number of hydrogen-bond acceptors (Lipinski definition) is 7. The van der Waals surface area contributed by atoms with E-state index in [0.29, 0.717) is 6.42 Å². The van der Waals surface area contributed by atoms with Crippen LogP contribution >= 0.6 is 34.9 Å². The average molecular weight is 417 g/mol. The summed E-state index contributed by atoms with van der Waals surface area (Å²) < 4.78 is 0. The second-order valence-electron chi connectivity index (χ2n) is 6.14. The summed E-state index contributed by atoms with van der Waals surface area (Å²) in [4.78, 5) is 23.7. The molecule has 1 unspecified atom stereocenters. The van der Waals surface area contributed by atoms with Crippen LogP contribution in [0.3, 0.4) is 0 Å². The van der Waals surface area contributed by atoms with Crippen LogP contribution in [0.25, 0.3) is 0 Å². The van der Waals surface area contributed by atoms with Crippen LogP contribution in [-0.2, 0) is 16.0 Å². The maximum atomic E-state index is 12.1. The van der Waals surface area contributed by atoms with Crippen LogP contribution in [0, 0.1) is 5.92 Å². The summed E-state index contributed by atoms with van der Waals surface area (Å²) in [5, 5.41) is 30.6. The maximum absolute atomic E-state index is 12.1. The fraction of sp³-hybridized carbons (Fsp3) is 0.556. The molecule has 8 heteroatoms. The van der Waals surface area contributed by atoms with Crippen molar-refractivity contribution in [2.24, 2.45) is 5.92 Å². The van der Waals surface area contributed by atoms with E-state index in [0.717, 1.165) is 22.8 Å². The number of rotatable bonds is 11. The summed E-state index contributed by atoms with van der Waals surface area (Å²) in [5.74, 6) is 0.531. The van der Waals surface area contributed by atoms with Crippen LogP contribution in [0.1, 0.15) is 17.7 Å². The van der Waals surface area contributed by atoms with Gasteiger partial charge >= 0.3 is 5.97 Å². The lowest BCUT2D eigenvalue weighted by atomic mass is 10.0. The van der Waals surface area contributed by atoms with Gasteiger partial charge in [0.15, 0.2) is 0 Å². The van der Waals surface area contributed by atoms with Gasteiger partial charge in [-0.15, -0.1) is 23.1 Å². The topological polar surface area (TPSA) is 94.8 Å². The summed E-state index contributed by atoms with van der Waals surface area (Å²) in [6.45, 7) is 0. The van der Waals surface area contributed by atoms with E-state index < -0.39 is 18.2 Å². The Morgan fingerprint density at radius 2 is 2.23 bits per heavy atom. The fourth-order valence-corrected chi connectivity index (χ4v) is 5.75. The molecule has 0 spiro atoms. The van der Waals surface area contributed by atoms with E-state index in [1.54, 1.807) is 23.5 Å². The fourth-order valence-electron chi connectivity index (χ4n) is 2.80.